The first-order valence-corrected chi connectivity index (χ1v) is 10.4. The van der Waals surface area contributed by atoms with Gasteiger partial charge in [0.2, 0.25) is 0 Å². The second-order valence-corrected chi connectivity index (χ2v) is 8.89. The van der Waals surface area contributed by atoms with Crippen molar-refractivity contribution in [2.75, 3.05) is 18.1 Å². The predicted molar refractivity (Wildman–Crippen MR) is 91.7 cm³/mol. The molecule has 1 aliphatic carbocycles. The highest BCUT2D eigenvalue weighted by Crippen LogP contribution is 2.43. The van der Waals surface area contributed by atoms with Crippen LogP contribution >= 0.6 is 11.8 Å². The minimum atomic E-state index is 0.201. The Morgan fingerprint density at radius 1 is 1.10 bits per heavy atom. The van der Waals surface area contributed by atoms with Gasteiger partial charge < -0.3 is 10.5 Å². The first-order valence-electron chi connectivity index (χ1n) is 9.20. The summed E-state index contributed by atoms with van der Waals surface area (Å²) in [7, 11) is 0. The van der Waals surface area contributed by atoms with E-state index in [9.17, 15) is 0 Å². The molecule has 3 aliphatic rings. The lowest BCUT2D eigenvalue weighted by molar-refractivity contribution is -0.108. The highest BCUT2D eigenvalue weighted by Gasteiger charge is 2.42. The molecule has 1 saturated carbocycles. The third-order valence-electron chi connectivity index (χ3n) is 6.49. The monoisotopic (exact) mass is 311 g/mol. The molecule has 122 valence electrons. The van der Waals surface area contributed by atoms with Crippen LogP contribution in [0.3, 0.4) is 0 Å². The fourth-order valence-electron chi connectivity index (χ4n) is 4.85. The second-order valence-electron chi connectivity index (χ2n) is 7.66. The maximum atomic E-state index is 6.74. The van der Waals surface area contributed by atoms with Crippen molar-refractivity contribution in [1.29, 1.82) is 0 Å². The van der Waals surface area contributed by atoms with Gasteiger partial charge >= 0.3 is 0 Å². The molecule has 1 spiro atoms. The molecule has 0 aromatic carbocycles. The topological polar surface area (TPSA) is 35.2 Å². The fourth-order valence-corrected chi connectivity index (χ4v) is 6.09. The zero-order valence-electron chi connectivity index (χ0n) is 13.7. The Kier molecular flexibility index (Phi) is 5.55. The maximum absolute atomic E-state index is 6.74. The molecule has 0 aromatic rings. The quantitative estimate of drug-likeness (QED) is 0.847. The number of ether oxygens (including phenoxy) is 1. The average molecular weight is 312 g/mol. The molecular formula is C18H33NOS. The van der Waals surface area contributed by atoms with Gasteiger partial charge in [-0.1, -0.05) is 26.2 Å². The van der Waals surface area contributed by atoms with Crippen LogP contribution in [0.5, 0.6) is 0 Å². The van der Waals surface area contributed by atoms with Crippen molar-refractivity contribution >= 4 is 11.8 Å². The summed E-state index contributed by atoms with van der Waals surface area (Å²) in [6, 6.07) is 0.429. The van der Waals surface area contributed by atoms with Gasteiger partial charge in [0, 0.05) is 12.6 Å². The molecule has 0 radical (unpaired) electrons. The number of hydrogen-bond donors (Lipinski definition) is 1. The molecule has 3 heteroatoms. The molecule has 0 aromatic heterocycles. The standard InChI is InChI=1S/C18H33NOS/c1-2-14-3-5-15(6-4-14)17(19)16-7-10-20-18(13-16)8-11-21-12-9-18/h14-17H,2-13,19H2,1H3. The second kappa shape index (κ2) is 7.23. The van der Waals surface area contributed by atoms with Crippen molar-refractivity contribution in [2.45, 2.75) is 76.4 Å². The summed E-state index contributed by atoms with van der Waals surface area (Å²) < 4.78 is 6.24. The van der Waals surface area contributed by atoms with Crippen molar-refractivity contribution in [3.8, 4) is 0 Å². The zero-order valence-corrected chi connectivity index (χ0v) is 14.5. The molecule has 0 bridgehead atoms. The number of rotatable bonds is 3. The molecule has 2 heterocycles. The van der Waals surface area contributed by atoms with Gasteiger partial charge in [-0.25, -0.2) is 0 Å². The van der Waals surface area contributed by atoms with E-state index in [1.807, 2.05) is 0 Å². The summed E-state index contributed by atoms with van der Waals surface area (Å²) in [4.78, 5) is 0. The van der Waals surface area contributed by atoms with Crippen molar-refractivity contribution in [2.24, 2.45) is 23.5 Å². The Morgan fingerprint density at radius 2 is 1.81 bits per heavy atom. The van der Waals surface area contributed by atoms with Crippen molar-refractivity contribution in [3.05, 3.63) is 0 Å². The van der Waals surface area contributed by atoms with Gasteiger partial charge in [0.25, 0.3) is 0 Å². The van der Waals surface area contributed by atoms with Crippen LogP contribution < -0.4 is 5.73 Å². The Morgan fingerprint density at radius 3 is 2.48 bits per heavy atom. The number of hydrogen-bond acceptors (Lipinski definition) is 3. The van der Waals surface area contributed by atoms with E-state index in [0.717, 1.165) is 18.4 Å². The van der Waals surface area contributed by atoms with E-state index in [2.05, 4.69) is 18.7 Å². The molecule has 3 fully saturated rings. The smallest absolute Gasteiger partial charge is 0.0701 e. The number of thioether (sulfide) groups is 1. The van der Waals surface area contributed by atoms with E-state index in [1.165, 1.54) is 69.3 Å². The first kappa shape index (κ1) is 16.1. The molecule has 2 unspecified atom stereocenters. The molecule has 21 heavy (non-hydrogen) atoms. The van der Waals surface area contributed by atoms with Crippen LogP contribution in [0.1, 0.15) is 64.7 Å². The van der Waals surface area contributed by atoms with Gasteiger partial charge in [-0.15, -0.1) is 0 Å². The summed E-state index contributed by atoms with van der Waals surface area (Å²) in [5.74, 6) is 5.04. The van der Waals surface area contributed by atoms with Gasteiger partial charge in [0.1, 0.15) is 0 Å². The Hall–Kier alpha value is 0.270. The highest BCUT2D eigenvalue weighted by atomic mass is 32.2. The highest BCUT2D eigenvalue weighted by molar-refractivity contribution is 7.99. The molecular weight excluding hydrogens is 278 g/mol. The van der Waals surface area contributed by atoms with E-state index in [0.29, 0.717) is 12.0 Å². The lowest BCUT2D eigenvalue weighted by atomic mass is 9.70. The van der Waals surface area contributed by atoms with Crippen LogP contribution in [-0.4, -0.2) is 29.8 Å². The lowest BCUT2D eigenvalue weighted by Crippen LogP contribution is -2.49. The van der Waals surface area contributed by atoms with E-state index in [-0.39, 0.29) is 5.60 Å². The molecule has 3 rings (SSSR count). The largest absolute Gasteiger partial charge is 0.375 e. The Bertz CT molecular complexity index is 316. The Labute approximate surface area is 135 Å². The maximum Gasteiger partial charge on any atom is 0.0701 e. The summed E-state index contributed by atoms with van der Waals surface area (Å²) in [5, 5.41) is 0. The summed E-state index contributed by atoms with van der Waals surface area (Å²) in [6.07, 6.45) is 11.9. The first-order chi connectivity index (χ1) is 10.2. The third kappa shape index (κ3) is 3.79. The van der Waals surface area contributed by atoms with Crippen LogP contribution in [-0.2, 0) is 4.74 Å². The van der Waals surface area contributed by atoms with Gasteiger partial charge in [0.05, 0.1) is 5.60 Å². The summed E-state index contributed by atoms with van der Waals surface area (Å²) in [6.45, 7) is 3.29. The predicted octanol–water partition coefficient (Wildman–Crippen LogP) is 4.22. The summed E-state index contributed by atoms with van der Waals surface area (Å²) in [5.41, 5.74) is 6.94. The van der Waals surface area contributed by atoms with E-state index < -0.39 is 0 Å². The van der Waals surface area contributed by atoms with Gasteiger partial charge in [-0.05, 0) is 67.8 Å². The normalized spacial score (nSPS) is 38.3. The van der Waals surface area contributed by atoms with Crippen molar-refractivity contribution in [3.63, 3.8) is 0 Å². The Balaban J connectivity index is 1.55. The average Bonchev–Trinajstić information content (AvgIpc) is 2.55. The number of nitrogens with two attached hydrogens (primary N) is 1. The van der Waals surface area contributed by atoms with Gasteiger partial charge in [-0.3, -0.25) is 0 Å². The van der Waals surface area contributed by atoms with Crippen LogP contribution in [0.4, 0.5) is 0 Å². The van der Waals surface area contributed by atoms with Crippen LogP contribution in [0, 0.1) is 17.8 Å². The molecule has 0 amide bonds. The van der Waals surface area contributed by atoms with Gasteiger partial charge in [-0.2, -0.15) is 11.8 Å². The van der Waals surface area contributed by atoms with E-state index >= 15 is 0 Å². The summed E-state index contributed by atoms with van der Waals surface area (Å²) >= 11 is 2.09. The minimum absolute atomic E-state index is 0.201. The van der Waals surface area contributed by atoms with Gasteiger partial charge in [0.15, 0.2) is 0 Å². The van der Waals surface area contributed by atoms with Crippen molar-refractivity contribution in [1.82, 2.24) is 0 Å². The van der Waals surface area contributed by atoms with E-state index in [1.54, 1.807) is 0 Å². The zero-order chi connectivity index (χ0) is 14.7. The lowest BCUT2D eigenvalue weighted by Gasteiger charge is -2.46. The van der Waals surface area contributed by atoms with Crippen LogP contribution in [0.15, 0.2) is 0 Å². The van der Waals surface area contributed by atoms with Crippen LogP contribution in [0.2, 0.25) is 0 Å². The van der Waals surface area contributed by atoms with Crippen molar-refractivity contribution < 1.29 is 4.74 Å². The molecule has 2 aliphatic heterocycles. The van der Waals surface area contributed by atoms with E-state index in [4.69, 9.17) is 10.5 Å². The molecule has 2 nitrogen and oxygen atoms in total. The molecule has 2 N–H and O–H groups in total. The molecule has 2 saturated heterocycles. The minimum Gasteiger partial charge on any atom is -0.375 e. The fraction of sp³-hybridized carbons (Fsp3) is 1.00. The SMILES string of the molecule is CCC1CCC(C(N)C2CCOC3(CCSCC3)C2)CC1. The third-order valence-corrected chi connectivity index (χ3v) is 7.48. The van der Waals surface area contributed by atoms with Crippen LogP contribution in [0.25, 0.3) is 0 Å². The molecule has 2 atom stereocenters.